The molecule has 1 unspecified atom stereocenters. The van der Waals surface area contributed by atoms with Crippen LogP contribution in [0.3, 0.4) is 0 Å². The molecule has 1 atom stereocenters. The number of fused-ring (bicyclic) bond motifs is 1. The van der Waals surface area contributed by atoms with Crippen LogP contribution in [0, 0.1) is 0 Å². The number of hydrogen-bond donors (Lipinski definition) is 2. The van der Waals surface area contributed by atoms with Gasteiger partial charge < -0.3 is 10.6 Å². The van der Waals surface area contributed by atoms with Crippen LogP contribution >= 0.6 is 11.3 Å². The third-order valence-electron chi connectivity index (χ3n) is 6.77. The number of nitrogens with zero attached hydrogens (tertiary/aromatic N) is 4. The van der Waals surface area contributed by atoms with Crippen LogP contribution in [0.4, 0.5) is 0 Å². The van der Waals surface area contributed by atoms with Crippen molar-refractivity contribution in [1.29, 1.82) is 0 Å². The summed E-state index contributed by atoms with van der Waals surface area (Å²) in [6.07, 6.45) is 3.43. The Kier molecular flexibility index (Phi) is 8.10. The first-order valence-electron chi connectivity index (χ1n) is 13.6. The summed E-state index contributed by atoms with van der Waals surface area (Å²) in [6.45, 7) is 0.103. The normalized spacial score (nSPS) is 11.6. The van der Waals surface area contributed by atoms with E-state index in [2.05, 4.69) is 25.7 Å². The van der Waals surface area contributed by atoms with E-state index in [9.17, 15) is 14.4 Å². The van der Waals surface area contributed by atoms with E-state index in [1.807, 2.05) is 91.0 Å². The molecule has 212 valence electrons. The third-order valence-corrected chi connectivity index (χ3v) is 7.81. The molecule has 0 saturated carbocycles. The zero-order chi connectivity index (χ0) is 29.6. The zero-order valence-corrected chi connectivity index (χ0v) is 23.7. The van der Waals surface area contributed by atoms with Crippen molar-refractivity contribution >= 4 is 39.2 Å². The van der Waals surface area contributed by atoms with Gasteiger partial charge in [-0.2, -0.15) is 5.10 Å². The van der Waals surface area contributed by atoms with E-state index < -0.39 is 23.6 Å². The van der Waals surface area contributed by atoms with Gasteiger partial charge in [-0.25, -0.2) is 14.6 Å². The standard InChI is InChI=1S/C33H26N6O3S/c40-30(33(42)35-21-29-36-26-15-7-8-16-28(26)43-29)27(20-22-10-3-1-4-11-22)37-32(41)24-14-9-18-34-31(24)39-19-17-25(38-39)23-12-5-2-6-13-23/h1-19,27H,20-21H2,(H,35,42)(H,37,41). The summed E-state index contributed by atoms with van der Waals surface area (Å²) in [5.74, 6) is -1.80. The maximum absolute atomic E-state index is 13.6. The van der Waals surface area contributed by atoms with Crippen LogP contribution in [-0.4, -0.2) is 43.4 Å². The van der Waals surface area contributed by atoms with Crippen molar-refractivity contribution in [3.8, 4) is 17.1 Å². The maximum Gasteiger partial charge on any atom is 0.289 e. The number of aromatic nitrogens is 4. The molecule has 3 aromatic carbocycles. The lowest BCUT2D eigenvalue weighted by Crippen LogP contribution is -2.48. The Hall–Kier alpha value is -5.48. The van der Waals surface area contributed by atoms with Crippen LogP contribution in [0.5, 0.6) is 0 Å². The van der Waals surface area contributed by atoms with Gasteiger partial charge in [0.05, 0.1) is 28.0 Å². The zero-order valence-electron chi connectivity index (χ0n) is 22.9. The van der Waals surface area contributed by atoms with Crippen LogP contribution in [-0.2, 0) is 22.6 Å². The number of rotatable bonds is 10. The van der Waals surface area contributed by atoms with Gasteiger partial charge in [0, 0.05) is 24.4 Å². The number of hydrogen-bond acceptors (Lipinski definition) is 7. The first-order chi connectivity index (χ1) is 21.0. The predicted octanol–water partition coefficient (Wildman–Crippen LogP) is 4.77. The lowest BCUT2D eigenvalue weighted by Gasteiger charge is -2.18. The highest BCUT2D eigenvalue weighted by molar-refractivity contribution is 7.18. The van der Waals surface area contributed by atoms with Crippen molar-refractivity contribution in [3.05, 3.63) is 132 Å². The quantitative estimate of drug-likeness (QED) is 0.223. The molecule has 0 bridgehead atoms. The lowest BCUT2D eigenvalue weighted by atomic mass is 10.0. The van der Waals surface area contributed by atoms with Crippen molar-refractivity contribution in [2.75, 3.05) is 0 Å². The van der Waals surface area contributed by atoms with Crippen LogP contribution in [0.1, 0.15) is 20.9 Å². The Morgan fingerprint density at radius 3 is 2.37 bits per heavy atom. The summed E-state index contributed by atoms with van der Waals surface area (Å²) in [7, 11) is 0. The van der Waals surface area contributed by atoms with Gasteiger partial charge in [-0.1, -0.05) is 72.8 Å². The van der Waals surface area contributed by atoms with E-state index in [1.54, 1.807) is 24.5 Å². The maximum atomic E-state index is 13.6. The SMILES string of the molecule is O=C(NCc1nc2ccccc2s1)C(=O)C(Cc1ccccc1)NC(=O)c1cccnc1-n1ccc(-c2ccccc2)n1. The fraction of sp³-hybridized carbons (Fsp3) is 0.0909. The summed E-state index contributed by atoms with van der Waals surface area (Å²) < 4.78 is 2.52. The largest absolute Gasteiger partial charge is 0.343 e. The van der Waals surface area contributed by atoms with E-state index in [4.69, 9.17) is 0 Å². The highest BCUT2D eigenvalue weighted by Crippen LogP contribution is 2.22. The Balaban J connectivity index is 1.21. The molecule has 6 aromatic rings. The smallest absolute Gasteiger partial charge is 0.289 e. The molecule has 3 heterocycles. The Labute approximate surface area is 251 Å². The van der Waals surface area contributed by atoms with Crippen LogP contribution < -0.4 is 10.6 Å². The van der Waals surface area contributed by atoms with Crippen molar-refractivity contribution < 1.29 is 14.4 Å². The van der Waals surface area contributed by atoms with Crippen molar-refractivity contribution in [3.63, 3.8) is 0 Å². The number of carbonyl (C=O) groups is 3. The third kappa shape index (κ3) is 6.39. The molecule has 0 aliphatic heterocycles. The summed E-state index contributed by atoms with van der Waals surface area (Å²) in [5, 5.41) is 10.8. The fourth-order valence-electron chi connectivity index (χ4n) is 4.65. The van der Waals surface area contributed by atoms with E-state index in [0.717, 1.165) is 27.0 Å². The van der Waals surface area contributed by atoms with Gasteiger partial charge in [0.1, 0.15) is 11.0 Å². The first kappa shape index (κ1) is 27.7. The van der Waals surface area contributed by atoms with Crippen molar-refractivity contribution in [1.82, 2.24) is 30.4 Å². The van der Waals surface area contributed by atoms with Gasteiger partial charge in [-0.15, -0.1) is 11.3 Å². The average molecular weight is 587 g/mol. The minimum Gasteiger partial charge on any atom is -0.343 e. The molecule has 0 spiro atoms. The molecular formula is C33H26N6O3S. The Morgan fingerprint density at radius 2 is 1.58 bits per heavy atom. The van der Waals surface area contributed by atoms with Crippen molar-refractivity contribution in [2.45, 2.75) is 19.0 Å². The van der Waals surface area contributed by atoms with Gasteiger partial charge in [-0.05, 0) is 35.9 Å². The number of para-hydroxylation sites is 1. The van der Waals surface area contributed by atoms with E-state index >= 15 is 0 Å². The highest BCUT2D eigenvalue weighted by atomic mass is 32.1. The van der Waals surface area contributed by atoms with Crippen LogP contribution in [0.15, 0.2) is 116 Å². The monoisotopic (exact) mass is 586 g/mol. The Morgan fingerprint density at radius 1 is 0.837 bits per heavy atom. The molecule has 0 fully saturated rings. The van der Waals surface area contributed by atoms with Crippen molar-refractivity contribution in [2.24, 2.45) is 0 Å². The molecular weight excluding hydrogens is 560 g/mol. The molecule has 3 aromatic heterocycles. The molecule has 2 amide bonds. The van der Waals surface area contributed by atoms with Crippen LogP contribution in [0.25, 0.3) is 27.3 Å². The second-order valence-electron chi connectivity index (χ2n) is 9.72. The molecule has 6 rings (SSSR count). The number of carbonyl (C=O) groups excluding carboxylic acids is 3. The summed E-state index contributed by atoms with van der Waals surface area (Å²) in [6, 6.07) is 30.5. The van der Waals surface area contributed by atoms with E-state index in [1.165, 1.54) is 16.0 Å². The summed E-state index contributed by atoms with van der Waals surface area (Å²) in [5.41, 5.74) is 3.49. The number of ketones is 1. The molecule has 0 saturated heterocycles. The minimum atomic E-state index is -1.11. The van der Waals surface area contributed by atoms with Gasteiger partial charge in [0.15, 0.2) is 5.82 Å². The first-order valence-corrected chi connectivity index (χ1v) is 14.4. The number of Topliss-reactive ketones (excluding diaryl/α,β-unsaturated/α-hetero) is 1. The van der Waals surface area contributed by atoms with Gasteiger partial charge in [-0.3, -0.25) is 14.4 Å². The Bertz CT molecular complexity index is 1870. The molecule has 43 heavy (non-hydrogen) atoms. The number of amides is 2. The van der Waals surface area contributed by atoms with Gasteiger partial charge in [0.2, 0.25) is 5.78 Å². The number of pyridine rings is 1. The number of thiazole rings is 1. The molecule has 9 nitrogen and oxygen atoms in total. The van der Waals surface area contributed by atoms with E-state index in [-0.39, 0.29) is 18.5 Å². The van der Waals surface area contributed by atoms with Gasteiger partial charge >= 0.3 is 0 Å². The summed E-state index contributed by atoms with van der Waals surface area (Å²) >= 11 is 1.45. The second kappa shape index (κ2) is 12.6. The predicted molar refractivity (Wildman–Crippen MR) is 165 cm³/mol. The van der Waals surface area contributed by atoms with Gasteiger partial charge in [0.25, 0.3) is 11.8 Å². The molecule has 0 radical (unpaired) electrons. The lowest BCUT2D eigenvalue weighted by molar-refractivity contribution is -0.139. The van der Waals surface area contributed by atoms with Crippen LogP contribution in [0.2, 0.25) is 0 Å². The highest BCUT2D eigenvalue weighted by Gasteiger charge is 2.29. The number of nitrogens with one attached hydrogen (secondary N) is 2. The fourth-order valence-corrected chi connectivity index (χ4v) is 5.56. The second-order valence-corrected chi connectivity index (χ2v) is 10.8. The number of benzene rings is 3. The topological polar surface area (TPSA) is 119 Å². The minimum absolute atomic E-state index is 0.103. The molecule has 2 N–H and O–H groups in total. The molecule has 10 heteroatoms. The summed E-state index contributed by atoms with van der Waals surface area (Å²) in [4.78, 5) is 49.0. The average Bonchev–Trinajstić information content (AvgIpc) is 3.71. The molecule has 0 aliphatic carbocycles. The molecule has 0 aliphatic rings. The van der Waals surface area contributed by atoms with E-state index in [0.29, 0.717) is 10.8 Å².